The lowest BCUT2D eigenvalue weighted by Gasteiger charge is -2.05. The second-order valence-electron chi connectivity index (χ2n) is 4.44. The van der Waals surface area contributed by atoms with Gasteiger partial charge in [-0.2, -0.15) is 0 Å². The number of carbonyl (C=O) groups excluding carboxylic acids is 1. The molecule has 1 amide bonds. The highest BCUT2D eigenvalue weighted by Gasteiger charge is 2.10. The molecule has 0 aromatic carbocycles. The van der Waals surface area contributed by atoms with Crippen LogP contribution in [0.4, 0.5) is 0 Å². The molecule has 2 rings (SSSR count). The van der Waals surface area contributed by atoms with Gasteiger partial charge < -0.3 is 9.73 Å². The van der Waals surface area contributed by atoms with Crippen molar-refractivity contribution >= 4 is 5.91 Å². The minimum atomic E-state index is -0.0198. The van der Waals surface area contributed by atoms with Crippen molar-refractivity contribution in [2.75, 3.05) is 6.54 Å². The van der Waals surface area contributed by atoms with E-state index in [0.29, 0.717) is 24.7 Å². The molecule has 0 aliphatic rings. The van der Waals surface area contributed by atoms with Crippen LogP contribution in [0.3, 0.4) is 0 Å². The molecular weight excluding hydrogens is 244 g/mol. The van der Waals surface area contributed by atoms with Gasteiger partial charge in [0.05, 0.1) is 5.56 Å². The highest BCUT2D eigenvalue weighted by atomic mass is 16.4. The van der Waals surface area contributed by atoms with Crippen LogP contribution in [-0.4, -0.2) is 27.6 Å². The van der Waals surface area contributed by atoms with Crippen molar-refractivity contribution < 1.29 is 9.21 Å². The molecule has 6 heteroatoms. The first-order valence-electron chi connectivity index (χ1n) is 6.17. The summed E-state index contributed by atoms with van der Waals surface area (Å²) in [4.78, 5) is 15.4. The Bertz CT molecular complexity index is 537. The first-order chi connectivity index (χ1) is 9.16. The molecule has 0 bridgehead atoms. The van der Waals surface area contributed by atoms with Crippen LogP contribution in [0, 0.1) is 5.92 Å². The molecule has 19 heavy (non-hydrogen) atoms. The quantitative estimate of drug-likeness (QED) is 0.879. The molecule has 100 valence electrons. The standard InChI is InChI=1S/C13H16N4O2/c1-9(2)12(18)15-7-5-11-16-17-13(19-11)10-4-3-6-14-8-10/h3-4,6,8-9H,5,7H2,1-2H3,(H,15,18). The molecule has 0 saturated carbocycles. The predicted octanol–water partition coefficient (Wildman–Crippen LogP) is 1.45. The number of aromatic nitrogens is 3. The number of carbonyl (C=O) groups is 1. The van der Waals surface area contributed by atoms with Crippen LogP contribution >= 0.6 is 0 Å². The molecule has 2 aromatic heterocycles. The Morgan fingerprint density at radius 1 is 1.42 bits per heavy atom. The predicted molar refractivity (Wildman–Crippen MR) is 69.1 cm³/mol. The van der Waals surface area contributed by atoms with Crippen LogP contribution in [0.2, 0.25) is 0 Å². The van der Waals surface area contributed by atoms with E-state index in [9.17, 15) is 4.79 Å². The average Bonchev–Trinajstić information content (AvgIpc) is 2.88. The van der Waals surface area contributed by atoms with Gasteiger partial charge in [-0.05, 0) is 12.1 Å². The Labute approximate surface area is 111 Å². The molecule has 0 unspecified atom stereocenters. The van der Waals surface area contributed by atoms with E-state index < -0.39 is 0 Å². The first-order valence-corrected chi connectivity index (χ1v) is 6.17. The second kappa shape index (κ2) is 6.08. The number of hydrogen-bond donors (Lipinski definition) is 1. The second-order valence-corrected chi connectivity index (χ2v) is 4.44. The molecule has 2 aromatic rings. The zero-order chi connectivity index (χ0) is 13.7. The maximum absolute atomic E-state index is 11.4. The molecule has 6 nitrogen and oxygen atoms in total. The van der Waals surface area contributed by atoms with Gasteiger partial charge in [-0.25, -0.2) is 0 Å². The largest absolute Gasteiger partial charge is 0.421 e. The molecule has 0 saturated heterocycles. The molecule has 0 radical (unpaired) electrons. The number of pyridine rings is 1. The third kappa shape index (κ3) is 3.61. The summed E-state index contributed by atoms with van der Waals surface area (Å²) in [6.07, 6.45) is 3.87. The van der Waals surface area contributed by atoms with E-state index in [1.807, 2.05) is 26.0 Å². The highest BCUT2D eigenvalue weighted by molar-refractivity contribution is 5.77. The maximum atomic E-state index is 11.4. The smallest absolute Gasteiger partial charge is 0.249 e. The first kappa shape index (κ1) is 13.2. The van der Waals surface area contributed by atoms with Crippen LogP contribution in [0.1, 0.15) is 19.7 Å². The fourth-order valence-corrected chi connectivity index (χ4v) is 1.46. The minimum Gasteiger partial charge on any atom is -0.421 e. The van der Waals surface area contributed by atoms with Gasteiger partial charge in [0.1, 0.15) is 0 Å². The Hall–Kier alpha value is -2.24. The van der Waals surface area contributed by atoms with Gasteiger partial charge >= 0.3 is 0 Å². The summed E-state index contributed by atoms with van der Waals surface area (Å²) in [7, 11) is 0. The molecule has 0 aliphatic heterocycles. The van der Waals surface area contributed by atoms with Crippen molar-refractivity contribution in [2.45, 2.75) is 20.3 Å². The summed E-state index contributed by atoms with van der Waals surface area (Å²) < 4.78 is 5.50. The number of hydrogen-bond acceptors (Lipinski definition) is 5. The van der Waals surface area contributed by atoms with Gasteiger partial charge in [0.15, 0.2) is 0 Å². The van der Waals surface area contributed by atoms with Crippen LogP contribution in [0.15, 0.2) is 28.9 Å². The molecule has 0 spiro atoms. The lowest BCUT2D eigenvalue weighted by molar-refractivity contribution is -0.123. The van der Waals surface area contributed by atoms with Gasteiger partial charge in [-0.1, -0.05) is 13.8 Å². The van der Waals surface area contributed by atoms with Gasteiger partial charge in [0.25, 0.3) is 0 Å². The molecule has 2 heterocycles. The summed E-state index contributed by atoms with van der Waals surface area (Å²) in [5.41, 5.74) is 0.785. The van der Waals surface area contributed by atoms with Crippen LogP contribution in [0.25, 0.3) is 11.5 Å². The van der Waals surface area contributed by atoms with E-state index in [2.05, 4.69) is 20.5 Å². The Morgan fingerprint density at radius 3 is 2.95 bits per heavy atom. The Balaban J connectivity index is 1.90. The SMILES string of the molecule is CC(C)C(=O)NCCc1nnc(-c2cccnc2)o1. The number of rotatable bonds is 5. The summed E-state index contributed by atoms with van der Waals surface area (Å²) in [5, 5.41) is 10.7. The van der Waals surface area contributed by atoms with Crippen LogP contribution in [0.5, 0.6) is 0 Å². The van der Waals surface area contributed by atoms with Crippen molar-refractivity contribution in [3.63, 3.8) is 0 Å². The topological polar surface area (TPSA) is 80.9 Å². The van der Waals surface area contributed by atoms with E-state index >= 15 is 0 Å². The van der Waals surface area contributed by atoms with Crippen molar-refractivity contribution in [1.29, 1.82) is 0 Å². The third-order valence-electron chi connectivity index (χ3n) is 2.54. The zero-order valence-electron chi connectivity index (χ0n) is 11.0. The number of nitrogens with zero attached hydrogens (tertiary/aromatic N) is 3. The summed E-state index contributed by atoms with van der Waals surface area (Å²) in [6.45, 7) is 4.19. The van der Waals surface area contributed by atoms with Gasteiger partial charge in [-0.15, -0.1) is 10.2 Å². The number of nitrogens with one attached hydrogen (secondary N) is 1. The van der Waals surface area contributed by atoms with E-state index in [1.165, 1.54) is 0 Å². The fraction of sp³-hybridized carbons (Fsp3) is 0.385. The summed E-state index contributed by atoms with van der Waals surface area (Å²) >= 11 is 0. The normalized spacial score (nSPS) is 10.7. The van der Waals surface area contributed by atoms with Gasteiger partial charge in [0, 0.05) is 31.3 Å². The van der Waals surface area contributed by atoms with E-state index in [0.717, 1.165) is 5.56 Å². The van der Waals surface area contributed by atoms with Gasteiger partial charge in [0.2, 0.25) is 17.7 Å². The van der Waals surface area contributed by atoms with Crippen molar-refractivity contribution in [3.8, 4) is 11.5 Å². The van der Waals surface area contributed by atoms with Crippen LogP contribution in [-0.2, 0) is 11.2 Å². The highest BCUT2D eigenvalue weighted by Crippen LogP contribution is 2.15. The number of amides is 1. The molecule has 0 aliphatic carbocycles. The Kier molecular flexibility index (Phi) is 4.22. The molecule has 0 fully saturated rings. The fourth-order valence-electron chi connectivity index (χ4n) is 1.46. The average molecular weight is 260 g/mol. The van der Waals surface area contributed by atoms with E-state index in [4.69, 9.17) is 4.42 Å². The maximum Gasteiger partial charge on any atom is 0.249 e. The monoisotopic (exact) mass is 260 g/mol. The third-order valence-corrected chi connectivity index (χ3v) is 2.54. The van der Waals surface area contributed by atoms with E-state index in [-0.39, 0.29) is 11.8 Å². The van der Waals surface area contributed by atoms with Crippen LogP contribution < -0.4 is 5.32 Å². The zero-order valence-corrected chi connectivity index (χ0v) is 11.0. The van der Waals surface area contributed by atoms with Crippen molar-refractivity contribution in [3.05, 3.63) is 30.4 Å². The lowest BCUT2D eigenvalue weighted by Crippen LogP contribution is -2.29. The Morgan fingerprint density at radius 2 is 2.26 bits per heavy atom. The van der Waals surface area contributed by atoms with E-state index in [1.54, 1.807) is 12.4 Å². The minimum absolute atomic E-state index is 0.0198. The van der Waals surface area contributed by atoms with Crippen molar-refractivity contribution in [1.82, 2.24) is 20.5 Å². The van der Waals surface area contributed by atoms with Gasteiger partial charge in [-0.3, -0.25) is 9.78 Å². The summed E-state index contributed by atoms with van der Waals surface area (Å²) in [5.74, 6) is 0.946. The molecular formula is C13H16N4O2. The molecule has 0 atom stereocenters. The lowest BCUT2D eigenvalue weighted by atomic mass is 10.2. The summed E-state index contributed by atoms with van der Waals surface area (Å²) in [6, 6.07) is 3.66. The molecule has 1 N–H and O–H groups in total. The van der Waals surface area contributed by atoms with Crippen molar-refractivity contribution in [2.24, 2.45) is 5.92 Å².